The van der Waals surface area contributed by atoms with Crippen molar-refractivity contribution in [1.82, 2.24) is 24.7 Å². The third-order valence-corrected chi connectivity index (χ3v) is 8.17. The van der Waals surface area contributed by atoms with Crippen molar-refractivity contribution in [2.24, 2.45) is 11.8 Å². The largest absolute Gasteiger partial charge is 0.357 e. The van der Waals surface area contributed by atoms with E-state index in [0.29, 0.717) is 32.7 Å². The van der Waals surface area contributed by atoms with Crippen molar-refractivity contribution in [3.63, 3.8) is 0 Å². The van der Waals surface area contributed by atoms with Gasteiger partial charge in [-0.25, -0.2) is 4.79 Å². The number of urea groups is 1. The molecule has 36 heavy (non-hydrogen) atoms. The molecule has 5 heterocycles. The molecule has 1 saturated heterocycles. The van der Waals surface area contributed by atoms with Gasteiger partial charge in [-0.05, 0) is 42.4 Å². The fourth-order valence-corrected chi connectivity index (χ4v) is 6.38. The SMILES string of the molecule is CC(C)[C@H](NC(=O)N1C[C@@H]2C[C@H](C1)c1cccc(=O)n1C2)C(=O)N1CCc2c([nH]c3ccccc23)C1. The van der Waals surface area contributed by atoms with Crippen molar-refractivity contribution in [2.45, 2.75) is 51.7 Å². The Hall–Kier alpha value is -3.55. The van der Waals surface area contributed by atoms with Gasteiger partial charge in [0.05, 0.1) is 6.54 Å². The van der Waals surface area contributed by atoms with Gasteiger partial charge < -0.3 is 24.7 Å². The molecule has 0 spiro atoms. The number of aromatic amines is 1. The maximum atomic E-state index is 13.6. The fraction of sp³-hybridized carbons (Fsp3) is 0.464. The molecule has 3 amide bonds. The summed E-state index contributed by atoms with van der Waals surface area (Å²) in [6, 6.07) is 12.9. The summed E-state index contributed by atoms with van der Waals surface area (Å²) in [5, 5.41) is 4.30. The number of nitrogens with zero attached hydrogens (tertiary/aromatic N) is 3. The zero-order chi connectivity index (χ0) is 25.0. The van der Waals surface area contributed by atoms with Crippen LogP contribution in [0.1, 0.15) is 43.1 Å². The summed E-state index contributed by atoms with van der Waals surface area (Å²) in [5.41, 5.74) is 4.52. The lowest BCUT2D eigenvalue weighted by Crippen LogP contribution is -2.57. The van der Waals surface area contributed by atoms with Gasteiger partial charge in [-0.1, -0.05) is 38.1 Å². The first kappa shape index (κ1) is 22.9. The first-order chi connectivity index (χ1) is 17.4. The van der Waals surface area contributed by atoms with Gasteiger partial charge in [-0.2, -0.15) is 0 Å². The molecule has 188 valence electrons. The zero-order valence-corrected chi connectivity index (χ0v) is 20.9. The Morgan fingerprint density at radius 3 is 2.69 bits per heavy atom. The fourth-order valence-electron chi connectivity index (χ4n) is 6.38. The highest BCUT2D eigenvalue weighted by atomic mass is 16.2. The lowest BCUT2D eigenvalue weighted by molar-refractivity contribution is -0.135. The average molecular weight is 488 g/mol. The van der Waals surface area contributed by atoms with Gasteiger partial charge in [0.2, 0.25) is 5.91 Å². The molecule has 3 aliphatic rings. The normalized spacial score (nSPS) is 21.8. The van der Waals surface area contributed by atoms with Crippen LogP contribution in [-0.2, 0) is 24.3 Å². The first-order valence-electron chi connectivity index (χ1n) is 13.0. The Labute approximate surface area is 210 Å². The van der Waals surface area contributed by atoms with E-state index in [1.165, 1.54) is 10.9 Å². The van der Waals surface area contributed by atoms with Crippen LogP contribution < -0.4 is 10.9 Å². The maximum absolute atomic E-state index is 13.6. The maximum Gasteiger partial charge on any atom is 0.318 e. The van der Waals surface area contributed by atoms with Crippen LogP contribution in [0.3, 0.4) is 0 Å². The highest BCUT2D eigenvalue weighted by Crippen LogP contribution is 2.35. The lowest BCUT2D eigenvalue weighted by Gasteiger charge is -2.43. The number of carbonyl (C=O) groups is 2. The number of hydrogen-bond donors (Lipinski definition) is 2. The Kier molecular flexibility index (Phi) is 5.62. The van der Waals surface area contributed by atoms with E-state index in [9.17, 15) is 14.4 Å². The van der Waals surface area contributed by atoms with E-state index in [-0.39, 0.29) is 35.3 Å². The Bertz CT molecular complexity index is 1390. The Balaban J connectivity index is 1.16. The number of benzene rings is 1. The standard InChI is InChI=1S/C28H33N5O3/c1-17(2)26(27(35)31-11-10-21-20-6-3-4-7-22(20)29-23(21)16-31)30-28(36)32-13-18-12-19(15-32)24-8-5-9-25(34)33(24)14-18/h3-9,17-19,26,29H,10-16H2,1-2H3,(H,30,36)/t18-,19+,26-/m0/s1. The number of para-hydroxylation sites is 1. The van der Waals surface area contributed by atoms with Gasteiger partial charge in [-0.15, -0.1) is 0 Å². The van der Waals surface area contributed by atoms with Crippen LogP contribution >= 0.6 is 0 Å². The third-order valence-electron chi connectivity index (χ3n) is 8.17. The first-order valence-corrected chi connectivity index (χ1v) is 13.0. The molecule has 1 fully saturated rings. The van der Waals surface area contributed by atoms with Crippen molar-refractivity contribution in [1.29, 1.82) is 0 Å². The van der Waals surface area contributed by atoms with Crippen molar-refractivity contribution in [3.05, 3.63) is 69.8 Å². The monoisotopic (exact) mass is 487 g/mol. The van der Waals surface area contributed by atoms with E-state index < -0.39 is 6.04 Å². The van der Waals surface area contributed by atoms with E-state index in [4.69, 9.17) is 0 Å². The molecule has 0 saturated carbocycles. The minimum absolute atomic E-state index is 0.0308. The molecule has 3 atom stereocenters. The van der Waals surface area contributed by atoms with Crippen molar-refractivity contribution < 1.29 is 9.59 Å². The quantitative estimate of drug-likeness (QED) is 0.595. The van der Waals surface area contributed by atoms with Crippen LogP contribution in [-0.4, -0.2) is 57.0 Å². The van der Waals surface area contributed by atoms with Crippen LogP contribution in [0, 0.1) is 11.8 Å². The molecular weight excluding hydrogens is 454 g/mol. The number of aromatic nitrogens is 2. The predicted molar refractivity (Wildman–Crippen MR) is 138 cm³/mol. The Morgan fingerprint density at radius 2 is 1.86 bits per heavy atom. The van der Waals surface area contributed by atoms with Gasteiger partial charge in [0.1, 0.15) is 6.04 Å². The number of pyridine rings is 1. The molecule has 1 aromatic carbocycles. The second-order valence-corrected chi connectivity index (χ2v) is 10.9. The molecule has 2 aromatic heterocycles. The number of carbonyl (C=O) groups excluding carboxylic acids is 2. The number of likely N-dealkylation sites (tertiary alicyclic amines) is 1. The van der Waals surface area contributed by atoms with Gasteiger partial charge in [0, 0.05) is 60.5 Å². The van der Waals surface area contributed by atoms with E-state index in [1.54, 1.807) is 12.1 Å². The molecule has 8 heteroatoms. The summed E-state index contributed by atoms with van der Waals surface area (Å²) in [7, 11) is 0. The van der Waals surface area contributed by atoms with Crippen molar-refractivity contribution >= 4 is 22.8 Å². The van der Waals surface area contributed by atoms with Gasteiger partial charge in [0.25, 0.3) is 5.56 Å². The van der Waals surface area contributed by atoms with E-state index >= 15 is 0 Å². The minimum atomic E-state index is -0.583. The zero-order valence-electron chi connectivity index (χ0n) is 20.9. The van der Waals surface area contributed by atoms with E-state index in [1.807, 2.05) is 46.4 Å². The number of nitrogens with one attached hydrogen (secondary N) is 2. The predicted octanol–water partition coefficient (Wildman–Crippen LogP) is 3.07. The van der Waals surface area contributed by atoms with Crippen LogP contribution in [0.15, 0.2) is 47.3 Å². The van der Waals surface area contributed by atoms with Crippen LogP contribution in [0.5, 0.6) is 0 Å². The molecule has 0 unspecified atom stereocenters. The molecule has 6 rings (SSSR count). The minimum Gasteiger partial charge on any atom is -0.357 e. The number of H-pyrrole nitrogens is 1. The summed E-state index contributed by atoms with van der Waals surface area (Å²) in [6.07, 6.45) is 1.79. The van der Waals surface area contributed by atoms with Crippen molar-refractivity contribution in [3.8, 4) is 0 Å². The van der Waals surface area contributed by atoms with Crippen LogP contribution in [0.25, 0.3) is 10.9 Å². The Morgan fingerprint density at radius 1 is 1.03 bits per heavy atom. The summed E-state index contributed by atoms with van der Waals surface area (Å²) in [4.78, 5) is 46.5. The number of amides is 3. The van der Waals surface area contributed by atoms with Gasteiger partial charge in [-0.3, -0.25) is 9.59 Å². The highest BCUT2D eigenvalue weighted by Gasteiger charge is 2.38. The van der Waals surface area contributed by atoms with Crippen molar-refractivity contribution in [2.75, 3.05) is 19.6 Å². The summed E-state index contributed by atoms with van der Waals surface area (Å²) in [5.74, 6) is 0.330. The molecule has 2 bridgehead atoms. The molecule has 0 aliphatic carbocycles. The number of rotatable bonds is 3. The van der Waals surface area contributed by atoms with Gasteiger partial charge in [0.15, 0.2) is 0 Å². The lowest BCUT2D eigenvalue weighted by atomic mass is 9.83. The molecule has 8 nitrogen and oxygen atoms in total. The molecule has 3 aliphatic heterocycles. The summed E-state index contributed by atoms with van der Waals surface area (Å²) < 4.78 is 1.86. The molecular formula is C28H33N5O3. The smallest absolute Gasteiger partial charge is 0.318 e. The van der Waals surface area contributed by atoms with E-state index in [0.717, 1.165) is 29.7 Å². The highest BCUT2D eigenvalue weighted by molar-refractivity contribution is 5.89. The summed E-state index contributed by atoms with van der Waals surface area (Å²) >= 11 is 0. The second-order valence-electron chi connectivity index (χ2n) is 10.9. The number of hydrogen-bond acceptors (Lipinski definition) is 3. The molecule has 0 radical (unpaired) electrons. The number of fused-ring (bicyclic) bond motifs is 7. The topological polar surface area (TPSA) is 90.4 Å². The van der Waals surface area contributed by atoms with E-state index in [2.05, 4.69) is 22.4 Å². The second kappa shape index (κ2) is 8.84. The van der Waals surface area contributed by atoms with Crippen LogP contribution in [0.4, 0.5) is 4.79 Å². The average Bonchev–Trinajstić information content (AvgIpc) is 3.25. The van der Waals surface area contributed by atoms with Crippen LogP contribution in [0.2, 0.25) is 0 Å². The van der Waals surface area contributed by atoms with Gasteiger partial charge >= 0.3 is 6.03 Å². The molecule has 2 N–H and O–H groups in total. The summed E-state index contributed by atoms with van der Waals surface area (Å²) in [6.45, 7) is 6.94. The number of piperidine rings is 1. The molecule has 3 aromatic rings. The third kappa shape index (κ3) is 3.88.